The number of hydrogen-bond acceptors (Lipinski definition) is 3. The molecule has 1 fully saturated rings. The van der Waals surface area contributed by atoms with Gasteiger partial charge in [-0.3, -0.25) is 9.59 Å². The van der Waals surface area contributed by atoms with Gasteiger partial charge in [0.1, 0.15) is 13.0 Å². The maximum absolute atomic E-state index is 11.3. The molecule has 0 radical (unpaired) electrons. The van der Waals surface area contributed by atoms with Crippen LogP contribution < -0.4 is 5.32 Å². The van der Waals surface area contributed by atoms with Crippen molar-refractivity contribution < 1.29 is 14.3 Å². The number of benzene rings is 1. The normalized spacial score (nSPS) is 20.9. The van der Waals surface area contributed by atoms with Gasteiger partial charge in [0.15, 0.2) is 0 Å². The van der Waals surface area contributed by atoms with E-state index in [9.17, 15) is 9.59 Å². The second-order valence-electron chi connectivity index (χ2n) is 3.81. The van der Waals surface area contributed by atoms with E-state index >= 15 is 0 Å². The first kappa shape index (κ1) is 10.7. The van der Waals surface area contributed by atoms with Gasteiger partial charge in [-0.25, -0.2) is 0 Å². The van der Waals surface area contributed by atoms with Crippen molar-refractivity contribution in [3.63, 3.8) is 0 Å². The monoisotopic (exact) mass is 219 g/mol. The van der Waals surface area contributed by atoms with E-state index in [-0.39, 0.29) is 25.0 Å². The minimum absolute atomic E-state index is 0.124. The third-order valence-electron chi connectivity index (χ3n) is 2.44. The van der Waals surface area contributed by atoms with Crippen molar-refractivity contribution in [1.29, 1.82) is 0 Å². The standard InChI is InChI=1S/C12H13NO3/c14-11-7-12(15)16-8-10(13-11)6-9-4-2-1-3-5-9/h1-5,10H,6-8H2,(H,13,14)/t10-/m0/s1. The minimum Gasteiger partial charge on any atom is -0.463 e. The summed E-state index contributed by atoms with van der Waals surface area (Å²) in [5.74, 6) is -0.712. The van der Waals surface area contributed by atoms with Crippen LogP contribution in [-0.4, -0.2) is 24.5 Å². The summed E-state index contributed by atoms with van der Waals surface area (Å²) in [4.78, 5) is 22.3. The van der Waals surface area contributed by atoms with Crippen molar-refractivity contribution in [3.8, 4) is 0 Å². The highest BCUT2D eigenvalue weighted by molar-refractivity contribution is 5.95. The highest BCUT2D eigenvalue weighted by atomic mass is 16.5. The van der Waals surface area contributed by atoms with Gasteiger partial charge in [0.2, 0.25) is 5.91 Å². The molecule has 0 saturated carbocycles. The van der Waals surface area contributed by atoms with Crippen molar-refractivity contribution in [2.75, 3.05) is 6.61 Å². The van der Waals surface area contributed by atoms with Crippen LogP contribution in [0.1, 0.15) is 12.0 Å². The average Bonchev–Trinajstić information content (AvgIpc) is 2.41. The van der Waals surface area contributed by atoms with Gasteiger partial charge in [0, 0.05) is 0 Å². The van der Waals surface area contributed by atoms with Crippen molar-refractivity contribution in [2.24, 2.45) is 0 Å². The van der Waals surface area contributed by atoms with E-state index in [1.54, 1.807) is 0 Å². The predicted octanol–water partition coefficient (Wildman–Crippen LogP) is 0.661. The Morgan fingerprint density at radius 1 is 1.25 bits per heavy atom. The average molecular weight is 219 g/mol. The van der Waals surface area contributed by atoms with Gasteiger partial charge < -0.3 is 10.1 Å². The zero-order chi connectivity index (χ0) is 11.4. The van der Waals surface area contributed by atoms with Gasteiger partial charge in [-0.15, -0.1) is 0 Å². The number of amides is 1. The molecule has 0 unspecified atom stereocenters. The summed E-state index contributed by atoms with van der Waals surface area (Å²) < 4.78 is 4.94. The summed E-state index contributed by atoms with van der Waals surface area (Å²) in [5, 5.41) is 2.77. The Bertz CT molecular complexity index is 389. The molecule has 16 heavy (non-hydrogen) atoms. The van der Waals surface area contributed by atoms with Crippen molar-refractivity contribution >= 4 is 11.9 Å². The van der Waals surface area contributed by atoms with Gasteiger partial charge >= 0.3 is 5.97 Å². The fraction of sp³-hybridized carbons (Fsp3) is 0.333. The molecule has 4 heteroatoms. The molecule has 2 rings (SSSR count). The molecule has 1 heterocycles. The fourth-order valence-electron chi connectivity index (χ4n) is 1.70. The Morgan fingerprint density at radius 2 is 2.00 bits per heavy atom. The summed E-state index contributed by atoms with van der Waals surface area (Å²) in [6.07, 6.45) is 0.505. The number of rotatable bonds is 2. The number of nitrogens with one attached hydrogen (secondary N) is 1. The molecule has 0 bridgehead atoms. The lowest BCUT2D eigenvalue weighted by Crippen LogP contribution is -2.37. The smallest absolute Gasteiger partial charge is 0.315 e. The zero-order valence-corrected chi connectivity index (χ0v) is 8.81. The molecular weight excluding hydrogens is 206 g/mol. The molecule has 1 aliphatic heterocycles. The van der Waals surface area contributed by atoms with Gasteiger partial charge in [-0.05, 0) is 12.0 Å². The molecule has 1 N–H and O–H groups in total. The maximum Gasteiger partial charge on any atom is 0.315 e. The van der Waals surface area contributed by atoms with Gasteiger partial charge in [0.05, 0.1) is 6.04 Å². The van der Waals surface area contributed by atoms with Crippen molar-refractivity contribution in [2.45, 2.75) is 18.9 Å². The first-order chi connectivity index (χ1) is 7.74. The summed E-state index contributed by atoms with van der Waals surface area (Å²) in [6.45, 7) is 0.249. The SMILES string of the molecule is O=C1CC(=O)OC[C@H](Cc2ccccc2)N1. The Labute approximate surface area is 93.6 Å². The molecule has 0 spiro atoms. The number of hydrogen-bond donors (Lipinski definition) is 1. The molecule has 1 amide bonds. The van der Waals surface area contributed by atoms with E-state index in [0.717, 1.165) is 5.56 Å². The number of cyclic esters (lactones) is 1. The van der Waals surface area contributed by atoms with Crippen molar-refractivity contribution in [3.05, 3.63) is 35.9 Å². The Morgan fingerprint density at radius 3 is 2.75 bits per heavy atom. The Kier molecular flexibility index (Phi) is 3.19. The zero-order valence-electron chi connectivity index (χ0n) is 8.81. The van der Waals surface area contributed by atoms with Gasteiger partial charge in [-0.2, -0.15) is 0 Å². The van der Waals surface area contributed by atoms with E-state index in [0.29, 0.717) is 6.42 Å². The second-order valence-corrected chi connectivity index (χ2v) is 3.81. The molecular formula is C12H13NO3. The molecule has 1 aliphatic rings. The number of esters is 1. The summed E-state index contributed by atoms with van der Waals surface area (Å²) >= 11 is 0. The lowest BCUT2D eigenvalue weighted by molar-refractivity contribution is -0.144. The summed E-state index contributed by atoms with van der Waals surface area (Å²) in [7, 11) is 0. The third kappa shape index (κ3) is 2.82. The largest absolute Gasteiger partial charge is 0.463 e. The number of carbonyl (C=O) groups is 2. The molecule has 0 aliphatic carbocycles. The van der Waals surface area contributed by atoms with Crippen molar-refractivity contribution in [1.82, 2.24) is 5.32 Å². The third-order valence-corrected chi connectivity index (χ3v) is 2.44. The predicted molar refractivity (Wildman–Crippen MR) is 57.7 cm³/mol. The molecule has 1 aromatic carbocycles. The highest BCUT2D eigenvalue weighted by Gasteiger charge is 2.22. The molecule has 4 nitrogen and oxygen atoms in total. The fourth-order valence-corrected chi connectivity index (χ4v) is 1.70. The van der Waals surface area contributed by atoms with Crippen LogP contribution in [0.15, 0.2) is 30.3 Å². The molecule has 84 valence electrons. The van der Waals surface area contributed by atoms with E-state index in [1.807, 2.05) is 30.3 Å². The van der Waals surface area contributed by atoms with Crippen LogP contribution in [0.2, 0.25) is 0 Å². The van der Waals surface area contributed by atoms with E-state index < -0.39 is 5.97 Å². The molecule has 1 aromatic rings. The van der Waals surface area contributed by atoms with Crippen LogP contribution in [0, 0.1) is 0 Å². The van der Waals surface area contributed by atoms with Gasteiger partial charge in [0.25, 0.3) is 0 Å². The van der Waals surface area contributed by atoms with E-state index in [2.05, 4.69) is 5.32 Å². The first-order valence-electron chi connectivity index (χ1n) is 5.23. The molecule has 1 saturated heterocycles. The second kappa shape index (κ2) is 4.79. The van der Waals surface area contributed by atoms with Crippen LogP contribution in [0.25, 0.3) is 0 Å². The molecule has 0 aromatic heterocycles. The van der Waals surface area contributed by atoms with Gasteiger partial charge in [-0.1, -0.05) is 30.3 Å². The van der Waals surface area contributed by atoms with E-state index in [4.69, 9.17) is 4.74 Å². The first-order valence-corrected chi connectivity index (χ1v) is 5.23. The lowest BCUT2D eigenvalue weighted by atomic mass is 10.1. The minimum atomic E-state index is -0.451. The Hall–Kier alpha value is -1.84. The maximum atomic E-state index is 11.3. The lowest BCUT2D eigenvalue weighted by Gasteiger charge is -2.14. The summed E-state index contributed by atoms with van der Waals surface area (Å²) in [6, 6.07) is 9.67. The number of ether oxygens (including phenoxy) is 1. The van der Waals surface area contributed by atoms with Crippen LogP contribution >= 0.6 is 0 Å². The van der Waals surface area contributed by atoms with Crippen LogP contribution in [0.5, 0.6) is 0 Å². The number of carbonyl (C=O) groups excluding carboxylic acids is 2. The summed E-state index contributed by atoms with van der Waals surface area (Å²) in [5.41, 5.74) is 1.12. The highest BCUT2D eigenvalue weighted by Crippen LogP contribution is 2.06. The van der Waals surface area contributed by atoms with Crippen LogP contribution in [-0.2, 0) is 20.7 Å². The van der Waals surface area contributed by atoms with Crippen LogP contribution in [0.3, 0.4) is 0 Å². The van der Waals surface area contributed by atoms with E-state index in [1.165, 1.54) is 0 Å². The molecule has 1 atom stereocenters. The van der Waals surface area contributed by atoms with Crippen LogP contribution in [0.4, 0.5) is 0 Å². The quantitative estimate of drug-likeness (QED) is 0.587. The Balaban J connectivity index is 1.99. The topological polar surface area (TPSA) is 55.4 Å².